The Kier molecular flexibility index (Phi) is 6.21. The number of aryl methyl sites for hydroxylation is 3. The van der Waals surface area contributed by atoms with Gasteiger partial charge in [-0.1, -0.05) is 18.2 Å². The van der Waals surface area contributed by atoms with Crippen molar-refractivity contribution in [1.82, 2.24) is 14.8 Å². The Balaban J connectivity index is 1.32. The maximum Gasteiger partial charge on any atom is 0.323 e. The Labute approximate surface area is 190 Å². The van der Waals surface area contributed by atoms with Crippen molar-refractivity contribution < 1.29 is 14.3 Å². The van der Waals surface area contributed by atoms with Crippen LogP contribution in [-0.4, -0.2) is 33.3 Å². The predicted molar refractivity (Wildman–Crippen MR) is 128 cm³/mol. The van der Waals surface area contributed by atoms with Gasteiger partial charge in [0.05, 0.1) is 5.39 Å². The average Bonchev–Trinajstić information content (AvgIpc) is 3.10. The fraction of sp³-hybridized carbons (Fsp3) is 0.167. The Morgan fingerprint density at radius 1 is 0.909 bits per heavy atom. The number of hydrogen-bond acceptors (Lipinski definition) is 5. The van der Waals surface area contributed by atoms with E-state index in [-0.39, 0.29) is 18.5 Å². The smallest absolute Gasteiger partial charge is 0.323 e. The molecule has 2 aromatic heterocycles. The number of hydrogen-bond donors (Lipinski definition) is 3. The Morgan fingerprint density at radius 3 is 2.18 bits per heavy atom. The van der Waals surface area contributed by atoms with Gasteiger partial charge in [0.15, 0.2) is 12.3 Å². The third-order valence-electron chi connectivity index (χ3n) is 4.88. The number of nitrogens with zero attached hydrogens (tertiary/aromatic N) is 3. The number of pyridine rings is 1. The lowest BCUT2D eigenvalue weighted by Crippen LogP contribution is -2.21. The van der Waals surface area contributed by atoms with Gasteiger partial charge in [0, 0.05) is 29.8 Å². The first-order valence-corrected chi connectivity index (χ1v) is 10.4. The van der Waals surface area contributed by atoms with Crippen LogP contribution in [0.1, 0.15) is 11.3 Å². The van der Waals surface area contributed by atoms with Crippen molar-refractivity contribution in [3.8, 4) is 5.88 Å². The molecule has 3 amide bonds. The van der Waals surface area contributed by atoms with Crippen LogP contribution < -0.4 is 20.7 Å². The summed E-state index contributed by atoms with van der Waals surface area (Å²) in [4.78, 5) is 28.9. The second-order valence-electron chi connectivity index (χ2n) is 7.57. The number of nitrogens with one attached hydrogen (secondary N) is 3. The molecule has 3 N–H and O–H groups in total. The third kappa shape index (κ3) is 5.27. The molecule has 0 saturated carbocycles. The van der Waals surface area contributed by atoms with Crippen LogP contribution >= 0.6 is 0 Å². The van der Waals surface area contributed by atoms with Crippen LogP contribution in [0.2, 0.25) is 0 Å². The van der Waals surface area contributed by atoms with Crippen molar-refractivity contribution in [1.29, 1.82) is 0 Å². The molecule has 2 heterocycles. The monoisotopic (exact) mass is 444 g/mol. The maximum atomic E-state index is 12.4. The number of carbonyl (C=O) groups is 2. The number of amides is 3. The van der Waals surface area contributed by atoms with E-state index in [1.165, 1.54) is 0 Å². The summed E-state index contributed by atoms with van der Waals surface area (Å²) in [7, 11) is 1.79. The minimum atomic E-state index is -0.353. The lowest BCUT2D eigenvalue weighted by Gasteiger charge is -2.09. The van der Waals surface area contributed by atoms with E-state index in [4.69, 9.17) is 4.74 Å². The SMILES string of the molecule is Cc1cc(C)c2c(OCC(=O)Nc3ccc(NC(=O)Nc4ccccc4)cc3)nn(C)c2n1. The summed E-state index contributed by atoms with van der Waals surface area (Å²) in [6, 6.07) is 17.5. The van der Waals surface area contributed by atoms with E-state index in [1.54, 1.807) is 48.1 Å². The van der Waals surface area contributed by atoms with E-state index in [9.17, 15) is 9.59 Å². The molecule has 0 aliphatic rings. The normalized spacial score (nSPS) is 10.6. The molecule has 0 aliphatic heterocycles. The summed E-state index contributed by atoms with van der Waals surface area (Å²) in [5.41, 5.74) is 4.46. The summed E-state index contributed by atoms with van der Waals surface area (Å²) in [6.45, 7) is 3.68. The Bertz CT molecular complexity index is 1300. The molecule has 4 rings (SSSR count). The van der Waals surface area contributed by atoms with Gasteiger partial charge in [-0.2, -0.15) is 0 Å². The molecule has 0 saturated heterocycles. The zero-order valence-electron chi connectivity index (χ0n) is 18.5. The third-order valence-corrected chi connectivity index (χ3v) is 4.88. The van der Waals surface area contributed by atoms with Gasteiger partial charge in [-0.25, -0.2) is 14.5 Å². The average molecular weight is 444 g/mol. The van der Waals surface area contributed by atoms with E-state index in [1.807, 2.05) is 38.1 Å². The minimum absolute atomic E-state index is 0.196. The summed E-state index contributed by atoms with van der Waals surface area (Å²) in [6.07, 6.45) is 0. The second-order valence-corrected chi connectivity index (χ2v) is 7.57. The number of para-hydroxylation sites is 1. The van der Waals surface area contributed by atoms with Gasteiger partial charge in [0.25, 0.3) is 5.91 Å². The van der Waals surface area contributed by atoms with Crippen molar-refractivity contribution in [3.05, 3.63) is 71.9 Å². The number of fused-ring (bicyclic) bond motifs is 1. The number of aromatic nitrogens is 3. The van der Waals surface area contributed by atoms with E-state index < -0.39 is 0 Å². The minimum Gasteiger partial charge on any atom is -0.466 e. The highest BCUT2D eigenvalue weighted by atomic mass is 16.5. The molecule has 0 aliphatic carbocycles. The number of carbonyl (C=O) groups excluding carboxylic acids is 2. The van der Waals surface area contributed by atoms with Crippen LogP contribution in [0.25, 0.3) is 11.0 Å². The molecule has 33 heavy (non-hydrogen) atoms. The lowest BCUT2D eigenvalue weighted by molar-refractivity contribution is -0.118. The topological polar surface area (TPSA) is 110 Å². The van der Waals surface area contributed by atoms with E-state index in [0.717, 1.165) is 16.6 Å². The van der Waals surface area contributed by atoms with Gasteiger partial charge >= 0.3 is 6.03 Å². The summed E-state index contributed by atoms with van der Waals surface area (Å²) < 4.78 is 7.32. The molecule has 4 aromatic rings. The molecular weight excluding hydrogens is 420 g/mol. The molecule has 0 atom stereocenters. The highest BCUT2D eigenvalue weighted by Gasteiger charge is 2.15. The fourth-order valence-electron chi connectivity index (χ4n) is 3.43. The molecule has 9 nitrogen and oxygen atoms in total. The molecule has 9 heteroatoms. The van der Waals surface area contributed by atoms with Gasteiger partial charge < -0.3 is 20.7 Å². The van der Waals surface area contributed by atoms with Crippen LogP contribution in [0.4, 0.5) is 21.9 Å². The molecule has 2 aromatic carbocycles. The number of urea groups is 1. The summed E-state index contributed by atoms with van der Waals surface area (Å²) >= 11 is 0. The molecular formula is C24H24N6O3. The zero-order chi connectivity index (χ0) is 23.4. The second kappa shape index (κ2) is 9.39. The number of rotatable bonds is 6. The quantitative estimate of drug-likeness (QED) is 0.412. The summed E-state index contributed by atoms with van der Waals surface area (Å²) in [5.74, 6) is 0.0469. The van der Waals surface area contributed by atoms with Crippen LogP contribution in [0.3, 0.4) is 0 Å². The lowest BCUT2D eigenvalue weighted by atomic mass is 10.2. The van der Waals surface area contributed by atoms with E-state index >= 15 is 0 Å². The van der Waals surface area contributed by atoms with Gasteiger partial charge in [0.1, 0.15) is 0 Å². The zero-order valence-corrected chi connectivity index (χ0v) is 18.5. The maximum absolute atomic E-state index is 12.4. The molecule has 0 fully saturated rings. The highest BCUT2D eigenvalue weighted by molar-refractivity contribution is 6.00. The van der Waals surface area contributed by atoms with Crippen LogP contribution in [0.15, 0.2) is 60.7 Å². The molecule has 0 spiro atoms. The first-order chi connectivity index (χ1) is 15.9. The highest BCUT2D eigenvalue weighted by Crippen LogP contribution is 2.27. The molecule has 0 radical (unpaired) electrons. The van der Waals surface area contributed by atoms with Crippen LogP contribution in [0.5, 0.6) is 5.88 Å². The first kappa shape index (κ1) is 21.8. The number of anilines is 3. The Hall–Kier alpha value is -4.40. The van der Waals surface area contributed by atoms with Gasteiger partial charge in [-0.15, -0.1) is 5.10 Å². The van der Waals surface area contributed by atoms with Crippen molar-refractivity contribution >= 4 is 40.0 Å². The van der Waals surface area contributed by atoms with Crippen molar-refractivity contribution in [2.24, 2.45) is 7.05 Å². The van der Waals surface area contributed by atoms with E-state index in [2.05, 4.69) is 26.0 Å². The largest absolute Gasteiger partial charge is 0.466 e. The van der Waals surface area contributed by atoms with Crippen LogP contribution in [0, 0.1) is 13.8 Å². The predicted octanol–water partition coefficient (Wildman–Crippen LogP) is 4.25. The number of benzene rings is 2. The van der Waals surface area contributed by atoms with Gasteiger partial charge in [-0.05, 0) is 61.9 Å². The van der Waals surface area contributed by atoms with Crippen molar-refractivity contribution in [3.63, 3.8) is 0 Å². The van der Waals surface area contributed by atoms with Crippen molar-refractivity contribution in [2.75, 3.05) is 22.6 Å². The van der Waals surface area contributed by atoms with Crippen molar-refractivity contribution in [2.45, 2.75) is 13.8 Å². The number of ether oxygens (including phenoxy) is 1. The first-order valence-electron chi connectivity index (χ1n) is 10.4. The Morgan fingerprint density at radius 2 is 1.52 bits per heavy atom. The standard InChI is InChI=1S/C24H24N6O3/c1-15-13-16(2)25-22-21(15)23(29-30(22)3)33-14-20(31)26-18-9-11-19(12-10-18)28-24(32)27-17-7-5-4-6-8-17/h4-13H,14H2,1-3H3,(H,26,31)(H2,27,28,32). The fourth-order valence-corrected chi connectivity index (χ4v) is 3.43. The van der Waals surface area contributed by atoms with Gasteiger partial charge in [-0.3, -0.25) is 4.79 Å². The van der Waals surface area contributed by atoms with E-state index in [0.29, 0.717) is 28.6 Å². The molecule has 0 unspecified atom stereocenters. The molecule has 168 valence electrons. The molecule has 0 bridgehead atoms. The van der Waals surface area contributed by atoms with Crippen LogP contribution in [-0.2, 0) is 11.8 Å². The van der Waals surface area contributed by atoms with Gasteiger partial charge in [0.2, 0.25) is 5.88 Å². The summed E-state index contributed by atoms with van der Waals surface area (Å²) in [5, 5.41) is 13.4.